The van der Waals surface area contributed by atoms with E-state index in [0.29, 0.717) is 19.1 Å². The molecule has 5 rings (SSSR count). The minimum Gasteiger partial charge on any atom is -0.377 e. The van der Waals surface area contributed by atoms with Crippen molar-refractivity contribution in [2.24, 2.45) is 0 Å². The number of anilines is 1. The van der Waals surface area contributed by atoms with Crippen molar-refractivity contribution in [1.29, 1.82) is 0 Å². The van der Waals surface area contributed by atoms with Gasteiger partial charge < -0.3 is 10.1 Å². The Morgan fingerprint density at radius 3 is 2.88 bits per heavy atom. The Morgan fingerprint density at radius 1 is 1.12 bits per heavy atom. The summed E-state index contributed by atoms with van der Waals surface area (Å²) >= 11 is 0. The second-order valence-corrected chi connectivity index (χ2v) is 7.58. The summed E-state index contributed by atoms with van der Waals surface area (Å²) < 4.78 is 7.27. The van der Waals surface area contributed by atoms with E-state index in [1.54, 1.807) is 10.7 Å². The molecule has 1 saturated heterocycles. The summed E-state index contributed by atoms with van der Waals surface area (Å²) in [5.74, 6) is 1.28. The molecule has 3 aliphatic rings. The third-order valence-electron chi connectivity index (χ3n) is 5.61. The van der Waals surface area contributed by atoms with Crippen molar-refractivity contribution in [3.63, 3.8) is 0 Å². The predicted molar refractivity (Wildman–Crippen MR) is 96.4 cm³/mol. The van der Waals surface area contributed by atoms with Crippen LogP contribution in [0.15, 0.2) is 23.0 Å². The zero-order valence-electron chi connectivity index (χ0n) is 14.7. The fourth-order valence-corrected chi connectivity index (χ4v) is 3.95. The Balaban J connectivity index is 1.39. The number of nitrogens with one attached hydrogen (secondary N) is 1. The molecule has 0 radical (unpaired) electrons. The van der Waals surface area contributed by atoms with Crippen molar-refractivity contribution in [3.8, 4) is 0 Å². The fraction of sp³-hybridized carbons (Fsp3) is 0.579. The van der Waals surface area contributed by atoms with Gasteiger partial charge in [0.1, 0.15) is 11.9 Å². The molecule has 1 saturated carbocycles. The van der Waals surface area contributed by atoms with Crippen LogP contribution in [0.25, 0.3) is 0 Å². The summed E-state index contributed by atoms with van der Waals surface area (Å²) in [5, 5.41) is 16.8. The number of hydrogen-bond donors (Lipinski definition) is 1. The van der Waals surface area contributed by atoms with E-state index in [2.05, 4.69) is 26.7 Å². The topological polar surface area (TPSA) is 81.9 Å². The monoisotopic (exact) mass is 353 g/mol. The Morgan fingerprint density at radius 2 is 2.00 bits per heavy atom. The molecule has 0 bridgehead atoms. The molecule has 26 heavy (non-hydrogen) atoms. The molecule has 0 spiro atoms. The van der Waals surface area contributed by atoms with Gasteiger partial charge >= 0.3 is 0 Å². The summed E-state index contributed by atoms with van der Waals surface area (Å²) in [5.41, 5.74) is 3.35. The molecule has 7 heteroatoms. The Hall–Kier alpha value is -2.28. The van der Waals surface area contributed by atoms with Crippen LogP contribution in [0.1, 0.15) is 54.6 Å². The van der Waals surface area contributed by atoms with Crippen LogP contribution in [0.4, 0.5) is 5.82 Å². The van der Waals surface area contributed by atoms with Gasteiger partial charge in [0.05, 0.1) is 30.6 Å². The van der Waals surface area contributed by atoms with Crippen molar-refractivity contribution < 1.29 is 4.74 Å². The molecule has 0 amide bonds. The van der Waals surface area contributed by atoms with Gasteiger partial charge in [-0.25, -0.2) is 4.68 Å². The first-order valence-electron chi connectivity index (χ1n) is 9.57. The third-order valence-corrected chi connectivity index (χ3v) is 5.61. The van der Waals surface area contributed by atoms with E-state index in [0.717, 1.165) is 30.0 Å². The molecule has 2 fully saturated rings. The number of ether oxygens (including phenoxy) is 1. The van der Waals surface area contributed by atoms with Crippen molar-refractivity contribution in [2.45, 2.75) is 56.5 Å². The summed E-state index contributed by atoms with van der Waals surface area (Å²) in [4.78, 5) is 12.4. The lowest BCUT2D eigenvalue weighted by atomic mass is 9.97. The smallest absolute Gasteiger partial charge is 0.267 e. The molecule has 136 valence electrons. The predicted octanol–water partition coefficient (Wildman–Crippen LogP) is 1.84. The molecule has 2 aliphatic carbocycles. The first-order valence-corrected chi connectivity index (χ1v) is 9.57. The highest BCUT2D eigenvalue weighted by Gasteiger charge is 2.33. The van der Waals surface area contributed by atoms with Crippen molar-refractivity contribution in [3.05, 3.63) is 45.5 Å². The van der Waals surface area contributed by atoms with Crippen LogP contribution in [0.3, 0.4) is 0 Å². The molecule has 2 unspecified atom stereocenters. The van der Waals surface area contributed by atoms with Gasteiger partial charge in [0, 0.05) is 12.0 Å². The SMILES string of the molecule is O=c1ccc(C2CC2)nn1C1COCC1Nc1cc2c(nn1)CCCC2. The van der Waals surface area contributed by atoms with Crippen molar-refractivity contribution >= 4 is 5.82 Å². The molecular formula is C19H23N5O2. The van der Waals surface area contributed by atoms with Gasteiger partial charge in [-0.05, 0) is 56.2 Å². The van der Waals surface area contributed by atoms with Gasteiger partial charge in [-0.2, -0.15) is 10.2 Å². The van der Waals surface area contributed by atoms with E-state index in [1.807, 2.05) is 6.07 Å². The molecule has 3 heterocycles. The maximum Gasteiger partial charge on any atom is 0.267 e. The lowest BCUT2D eigenvalue weighted by molar-refractivity contribution is 0.182. The lowest BCUT2D eigenvalue weighted by Crippen LogP contribution is -2.37. The van der Waals surface area contributed by atoms with Crippen LogP contribution in [0.5, 0.6) is 0 Å². The molecule has 1 N–H and O–H groups in total. The van der Waals surface area contributed by atoms with Gasteiger partial charge in [-0.3, -0.25) is 4.79 Å². The van der Waals surface area contributed by atoms with Crippen molar-refractivity contribution in [2.75, 3.05) is 18.5 Å². The lowest BCUT2D eigenvalue weighted by Gasteiger charge is -2.22. The average Bonchev–Trinajstić information content (AvgIpc) is 3.42. The number of fused-ring (bicyclic) bond motifs is 1. The Kier molecular flexibility index (Phi) is 3.96. The molecule has 2 aromatic heterocycles. The third kappa shape index (κ3) is 3.00. The molecule has 7 nitrogen and oxygen atoms in total. The highest BCUT2D eigenvalue weighted by Crippen LogP contribution is 2.38. The van der Waals surface area contributed by atoms with E-state index in [1.165, 1.54) is 31.2 Å². The number of rotatable bonds is 4. The normalized spacial score (nSPS) is 25.1. The standard InChI is InChI=1S/C19H23N5O2/c25-19-8-7-15(12-5-6-12)23-24(19)17-11-26-10-16(17)20-18-9-13-3-1-2-4-14(13)21-22-18/h7-9,12,16-17H,1-6,10-11H2,(H,20,22). The summed E-state index contributed by atoms with van der Waals surface area (Å²) in [6, 6.07) is 5.44. The summed E-state index contributed by atoms with van der Waals surface area (Å²) in [6.45, 7) is 1.02. The van der Waals surface area contributed by atoms with Crippen LogP contribution in [-0.4, -0.2) is 39.2 Å². The number of hydrogen-bond acceptors (Lipinski definition) is 6. The largest absolute Gasteiger partial charge is 0.377 e. The van der Waals surface area contributed by atoms with Crippen molar-refractivity contribution in [1.82, 2.24) is 20.0 Å². The number of aromatic nitrogens is 4. The molecule has 1 aliphatic heterocycles. The van der Waals surface area contributed by atoms with E-state index >= 15 is 0 Å². The van der Waals surface area contributed by atoms with Crippen LogP contribution in [0, 0.1) is 0 Å². The maximum atomic E-state index is 12.4. The highest BCUT2D eigenvalue weighted by atomic mass is 16.5. The quantitative estimate of drug-likeness (QED) is 0.903. The maximum absolute atomic E-state index is 12.4. The zero-order valence-corrected chi connectivity index (χ0v) is 14.7. The first kappa shape index (κ1) is 15.9. The molecular weight excluding hydrogens is 330 g/mol. The van der Waals surface area contributed by atoms with Crippen LogP contribution in [0.2, 0.25) is 0 Å². The second-order valence-electron chi connectivity index (χ2n) is 7.58. The van der Waals surface area contributed by atoms with Crippen LogP contribution in [-0.2, 0) is 17.6 Å². The Labute approximate surface area is 151 Å². The van der Waals surface area contributed by atoms with Crippen LogP contribution >= 0.6 is 0 Å². The number of nitrogens with zero attached hydrogens (tertiary/aromatic N) is 4. The minimum absolute atomic E-state index is 0.0365. The van der Waals surface area contributed by atoms with Crippen LogP contribution < -0.4 is 10.9 Å². The summed E-state index contributed by atoms with van der Waals surface area (Å²) in [6.07, 6.45) is 6.82. The zero-order chi connectivity index (χ0) is 17.5. The fourth-order valence-electron chi connectivity index (χ4n) is 3.95. The minimum atomic E-state index is -0.126. The van der Waals surface area contributed by atoms with Gasteiger partial charge in [0.2, 0.25) is 0 Å². The molecule has 2 atom stereocenters. The highest BCUT2D eigenvalue weighted by molar-refractivity contribution is 5.40. The van der Waals surface area contributed by atoms with E-state index in [4.69, 9.17) is 4.74 Å². The van der Waals surface area contributed by atoms with Gasteiger partial charge in [-0.1, -0.05) is 0 Å². The van der Waals surface area contributed by atoms with E-state index in [-0.39, 0.29) is 17.6 Å². The first-order chi connectivity index (χ1) is 12.8. The van der Waals surface area contributed by atoms with Gasteiger partial charge in [0.25, 0.3) is 5.56 Å². The molecule has 2 aromatic rings. The van der Waals surface area contributed by atoms with E-state index in [9.17, 15) is 4.79 Å². The Bertz CT molecular complexity index is 876. The average molecular weight is 353 g/mol. The van der Waals surface area contributed by atoms with E-state index < -0.39 is 0 Å². The van der Waals surface area contributed by atoms with Gasteiger partial charge in [-0.15, -0.1) is 5.10 Å². The van der Waals surface area contributed by atoms with Gasteiger partial charge in [0.15, 0.2) is 0 Å². The summed E-state index contributed by atoms with van der Waals surface area (Å²) in [7, 11) is 0. The second kappa shape index (κ2) is 6.46. The molecule has 0 aromatic carbocycles. The number of aryl methyl sites for hydroxylation is 2.